The third-order valence-electron chi connectivity index (χ3n) is 5.05. The second-order valence-corrected chi connectivity index (χ2v) is 8.93. The van der Waals surface area contributed by atoms with E-state index < -0.39 is 26.8 Å². The van der Waals surface area contributed by atoms with Gasteiger partial charge in [-0.15, -0.1) is 12.4 Å². The number of nitrogens with one attached hydrogen (secondary N) is 1. The Morgan fingerprint density at radius 2 is 1.81 bits per heavy atom. The minimum atomic E-state index is -4.69. The molecule has 0 amide bonds. The number of halogens is 5. The highest BCUT2D eigenvalue weighted by Crippen LogP contribution is 2.37. The van der Waals surface area contributed by atoms with Crippen LogP contribution in [-0.2, 0) is 16.2 Å². The van der Waals surface area contributed by atoms with Crippen LogP contribution < -0.4 is 5.32 Å². The second-order valence-electron chi connectivity index (χ2n) is 6.58. The van der Waals surface area contributed by atoms with E-state index in [2.05, 4.69) is 5.32 Å². The highest BCUT2D eigenvalue weighted by atomic mass is 35.5. The first kappa shape index (κ1) is 21.8. The lowest BCUT2D eigenvalue weighted by Gasteiger charge is -2.34. The van der Waals surface area contributed by atoms with Crippen LogP contribution in [0.5, 0.6) is 0 Å². The Morgan fingerprint density at radius 3 is 2.35 bits per heavy atom. The summed E-state index contributed by atoms with van der Waals surface area (Å²) in [6.45, 7) is 1.65. The van der Waals surface area contributed by atoms with Gasteiger partial charge in [-0.1, -0.05) is 11.6 Å². The van der Waals surface area contributed by atoms with E-state index in [0.717, 1.165) is 44.4 Å². The molecule has 0 saturated carbocycles. The first-order valence-corrected chi connectivity index (χ1v) is 10.1. The van der Waals surface area contributed by atoms with Crippen LogP contribution in [0, 0.1) is 5.92 Å². The zero-order valence-corrected chi connectivity index (χ0v) is 16.3. The molecule has 0 bridgehead atoms. The third-order valence-corrected chi connectivity index (χ3v) is 7.27. The molecule has 2 aliphatic rings. The topological polar surface area (TPSA) is 49.4 Å². The maximum Gasteiger partial charge on any atom is 0.417 e. The highest BCUT2D eigenvalue weighted by molar-refractivity contribution is 7.89. The summed E-state index contributed by atoms with van der Waals surface area (Å²) in [7, 11) is -3.95. The van der Waals surface area contributed by atoms with Gasteiger partial charge in [-0.25, -0.2) is 8.42 Å². The monoisotopic (exact) mass is 432 g/mol. The molecule has 148 valence electrons. The number of rotatable bonds is 3. The predicted molar refractivity (Wildman–Crippen MR) is 96.2 cm³/mol. The van der Waals surface area contributed by atoms with Crippen LogP contribution in [0.1, 0.15) is 31.2 Å². The van der Waals surface area contributed by atoms with Gasteiger partial charge in [-0.3, -0.25) is 0 Å². The van der Waals surface area contributed by atoms with Gasteiger partial charge in [0.25, 0.3) is 0 Å². The van der Waals surface area contributed by atoms with Gasteiger partial charge in [0.15, 0.2) is 0 Å². The van der Waals surface area contributed by atoms with Gasteiger partial charge < -0.3 is 5.32 Å². The fourth-order valence-electron chi connectivity index (χ4n) is 3.66. The van der Waals surface area contributed by atoms with Crippen LogP contribution in [0.3, 0.4) is 0 Å². The molecule has 2 fully saturated rings. The van der Waals surface area contributed by atoms with Crippen molar-refractivity contribution in [2.45, 2.75) is 42.8 Å². The van der Waals surface area contributed by atoms with E-state index in [-0.39, 0.29) is 17.3 Å². The molecular formula is C16H21Cl2F3N2O2S. The van der Waals surface area contributed by atoms with Crippen molar-refractivity contribution in [2.75, 3.05) is 19.6 Å². The molecule has 1 atom stereocenters. The average Bonchev–Trinajstić information content (AvgIpc) is 3.08. The number of sulfonamides is 1. The molecule has 4 nitrogen and oxygen atoms in total. The average molecular weight is 433 g/mol. The SMILES string of the molecule is Cl.O=S(=O)(c1ccc(Cl)c(C(F)(F)F)c1)N1CCC(C2CCCN2)CC1. The maximum absolute atomic E-state index is 13.0. The first-order chi connectivity index (χ1) is 11.7. The number of benzene rings is 1. The molecule has 2 saturated heterocycles. The van der Waals surface area contributed by atoms with E-state index in [1.807, 2.05) is 0 Å². The Kier molecular flexibility index (Phi) is 6.88. The van der Waals surface area contributed by atoms with Crippen molar-refractivity contribution in [2.24, 2.45) is 5.92 Å². The molecule has 2 aliphatic heterocycles. The zero-order chi connectivity index (χ0) is 18.2. The summed E-state index contributed by atoms with van der Waals surface area (Å²) in [5, 5.41) is 2.93. The Morgan fingerprint density at radius 1 is 1.15 bits per heavy atom. The molecule has 0 aliphatic carbocycles. The first-order valence-electron chi connectivity index (χ1n) is 8.30. The van der Waals surface area contributed by atoms with Crippen molar-refractivity contribution in [1.29, 1.82) is 0 Å². The standard InChI is InChI=1S/C16H20ClF3N2O2S.ClH/c17-14-4-3-12(10-13(14)16(18,19)20)25(23,24)22-8-5-11(6-9-22)15-2-1-7-21-15;/h3-4,10-11,15,21H,1-2,5-9H2;1H. The second kappa shape index (κ2) is 8.22. The lowest BCUT2D eigenvalue weighted by molar-refractivity contribution is -0.137. The molecule has 1 aromatic carbocycles. The minimum Gasteiger partial charge on any atom is -0.314 e. The van der Waals surface area contributed by atoms with Crippen molar-refractivity contribution >= 4 is 34.0 Å². The van der Waals surface area contributed by atoms with E-state index >= 15 is 0 Å². The Balaban J connectivity index is 0.00000243. The van der Waals surface area contributed by atoms with E-state index in [1.165, 1.54) is 4.31 Å². The third kappa shape index (κ3) is 4.47. The van der Waals surface area contributed by atoms with Crippen molar-refractivity contribution in [3.63, 3.8) is 0 Å². The van der Waals surface area contributed by atoms with Gasteiger partial charge in [-0.05, 0) is 56.3 Å². The normalized spacial score (nSPS) is 23.0. The van der Waals surface area contributed by atoms with Crippen LogP contribution in [0.4, 0.5) is 13.2 Å². The molecule has 10 heteroatoms. The summed E-state index contributed by atoms with van der Waals surface area (Å²) < 4.78 is 65.6. The Labute approximate surface area is 162 Å². The summed E-state index contributed by atoms with van der Waals surface area (Å²) in [5.41, 5.74) is -1.12. The molecule has 1 unspecified atom stereocenters. The van der Waals surface area contributed by atoms with Gasteiger partial charge in [0.05, 0.1) is 15.5 Å². The predicted octanol–water partition coefficient (Wildman–Crippen LogP) is 3.93. The lowest BCUT2D eigenvalue weighted by atomic mass is 9.89. The quantitative estimate of drug-likeness (QED) is 0.786. The summed E-state index contributed by atoms with van der Waals surface area (Å²) in [4.78, 5) is -0.360. The number of piperidine rings is 1. The molecule has 1 N–H and O–H groups in total. The van der Waals surface area contributed by atoms with Crippen molar-refractivity contribution < 1.29 is 21.6 Å². The fourth-order valence-corrected chi connectivity index (χ4v) is 5.38. The molecule has 0 spiro atoms. The van der Waals surface area contributed by atoms with Crippen molar-refractivity contribution in [3.8, 4) is 0 Å². The van der Waals surface area contributed by atoms with Gasteiger partial charge in [0.1, 0.15) is 0 Å². The molecule has 0 aromatic heterocycles. The van der Waals surface area contributed by atoms with E-state index in [1.54, 1.807) is 0 Å². The van der Waals surface area contributed by atoms with Gasteiger partial charge in [-0.2, -0.15) is 17.5 Å². The molecule has 1 aromatic rings. The van der Waals surface area contributed by atoms with Gasteiger partial charge >= 0.3 is 6.18 Å². The molecular weight excluding hydrogens is 412 g/mol. The molecule has 2 heterocycles. The lowest BCUT2D eigenvalue weighted by Crippen LogP contribution is -2.43. The zero-order valence-electron chi connectivity index (χ0n) is 13.9. The van der Waals surface area contributed by atoms with E-state index in [4.69, 9.17) is 11.6 Å². The summed E-state index contributed by atoms with van der Waals surface area (Å²) >= 11 is 5.57. The number of hydrogen-bond acceptors (Lipinski definition) is 3. The summed E-state index contributed by atoms with van der Waals surface area (Å²) in [6, 6.07) is 3.18. The summed E-state index contributed by atoms with van der Waals surface area (Å²) in [6.07, 6.45) is -1.02. The van der Waals surface area contributed by atoms with Crippen molar-refractivity contribution in [3.05, 3.63) is 28.8 Å². The smallest absolute Gasteiger partial charge is 0.314 e. The largest absolute Gasteiger partial charge is 0.417 e. The minimum absolute atomic E-state index is 0. The van der Waals surface area contributed by atoms with E-state index in [0.29, 0.717) is 31.1 Å². The van der Waals surface area contributed by atoms with Crippen molar-refractivity contribution in [1.82, 2.24) is 9.62 Å². The van der Waals surface area contributed by atoms with Crippen LogP contribution >= 0.6 is 24.0 Å². The molecule has 3 rings (SSSR count). The van der Waals surface area contributed by atoms with Gasteiger partial charge in [0.2, 0.25) is 10.0 Å². The van der Waals surface area contributed by atoms with Crippen LogP contribution in [0.2, 0.25) is 5.02 Å². The highest BCUT2D eigenvalue weighted by Gasteiger charge is 2.37. The number of nitrogens with zero attached hydrogens (tertiary/aromatic N) is 1. The number of hydrogen-bond donors (Lipinski definition) is 1. The van der Waals surface area contributed by atoms with Crippen LogP contribution in [-0.4, -0.2) is 38.4 Å². The number of alkyl halides is 3. The Hall–Kier alpha value is -0.540. The van der Waals surface area contributed by atoms with Gasteiger partial charge in [0, 0.05) is 19.1 Å². The van der Waals surface area contributed by atoms with E-state index in [9.17, 15) is 21.6 Å². The molecule has 26 heavy (non-hydrogen) atoms. The summed E-state index contributed by atoms with van der Waals surface area (Å²) in [5.74, 6) is 0.421. The Bertz CT molecular complexity index is 730. The van der Waals surface area contributed by atoms with Crippen LogP contribution in [0.15, 0.2) is 23.1 Å². The molecule has 0 radical (unpaired) electrons. The maximum atomic E-state index is 13.0. The fraction of sp³-hybridized carbons (Fsp3) is 0.625. The van der Waals surface area contributed by atoms with Crippen LogP contribution in [0.25, 0.3) is 0 Å².